The molecule has 0 radical (unpaired) electrons. The van der Waals surface area contributed by atoms with Gasteiger partial charge < -0.3 is 14.6 Å². The predicted octanol–water partition coefficient (Wildman–Crippen LogP) is 5.13. The van der Waals surface area contributed by atoms with Crippen molar-refractivity contribution >= 4 is 16.9 Å². The maximum absolute atomic E-state index is 12.8. The first-order chi connectivity index (χ1) is 14.7. The summed E-state index contributed by atoms with van der Waals surface area (Å²) in [5, 5.41) is 3.07. The van der Waals surface area contributed by atoms with E-state index in [1.807, 2.05) is 79.7 Å². The van der Waals surface area contributed by atoms with Crippen LogP contribution in [-0.2, 0) is 13.2 Å². The number of fused-ring (bicyclic) bond motifs is 1. The Labute approximate surface area is 176 Å². The highest BCUT2D eigenvalue weighted by Crippen LogP contribution is 2.21. The van der Waals surface area contributed by atoms with E-state index in [2.05, 4.69) is 22.9 Å². The molecule has 1 atom stereocenters. The maximum atomic E-state index is 12.8. The summed E-state index contributed by atoms with van der Waals surface area (Å²) in [5.41, 5.74) is 3.65. The van der Waals surface area contributed by atoms with E-state index in [1.54, 1.807) is 0 Å². The average molecular weight is 399 g/mol. The summed E-state index contributed by atoms with van der Waals surface area (Å²) >= 11 is 0. The standard InChI is InChI=1S/C25H25N3O2/c1-3-28-23-12-8-7-11-22(23)27-24(28)18(2)26-25(29)20-15-13-19(14-16-20)17-30-21-9-5-4-6-10-21/h4-16,18H,3,17H2,1-2H3,(H,26,29). The first-order valence-electron chi connectivity index (χ1n) is 10.2. The molecule has 4 rings (SSSR count). The van der Waals surface area contributed by atoms with Gasteiger partial charge in [0.25, 0.3) is 5.91 Å². The summed E-state index contributed by atoms with van der Waals surface area (Å²) in [7, 11) is 0. The van der Waals surface area contributed by atoms with Crippen LogP contribution in [0.3, 0.4) is 0 Å². The van der Waals surface area contributed by atoms with E-state index in [0.717, 1.165) is 34.7 Å². The Morgan fingerprint density at radius 1 is 1.00 bits per heavy atom. The fourth-order valence-corrected chi connectivity index (χ4v) is 3.54. The van der Waals surface area contributed by atoms with Crippen LogP contribution in [-0.4, -0.2) is 15.5 Å². The van der Waals surface area contributed by atoms with E-state index in [9.17, 15) is 4.79 Å². The number of amides is 1. The molecule has 0 fully saturated rings. The number of aromatic nitrogens is 2. The second kappa shape index (κ2) is 8.82. The zero-order chi connectivity index (χ0) is 20.9. The number of para-hydroxylation sites is 3. The molecule has 1 heterocycles. The van der Waals surface area contributed by atoms with Crippen LogP contribution in [0, 0.1) is 0 Å². The van der Waals surface area contributed by atoms with Gasteiger partial charge in [-0.25, -0.2) is 4.98 Å². The van der Waals surface area contributed by atoms with Crippen molar-refractivity contribution in [2.45, 2.75) is 33.0 Å². The highest BCUT2D eigenvalue weighted by Gasteiger charge is 2.18. The first kappa shape index (κ1) is 19.7. The van der Waals surface area contributed by atoms with E-state index in [4.69, 9.17) is 9.72 Å². The number of hydrogen-bond acceptors (Lipinski definition) is 3. The minimum absolute atomic E-state index is 0.118. The number of imidazole rings is 1. The third-order valence-electron chi connectivity index (χ3n) is 5.10. The van der Waals surface area contributed by atoms with Crippen molar-refractivity contribution in [2.75, 3.05) is 0 Å². The minimum Gasteiger partial charge on any atom is -0.489 e. The molecule has 5 nitrogen and oxygen atoms in total. The van der Waals surface area contributed by atoms with Gasteiger partial charge >= 0.3 is 0 Å². The summed E-state index contributed by atoms with van der Waals surface area (Å²) in [5.74, 6) is 1.57. The minimum atomic E-state index is -0.203. The number of nitrogens with zero attached hydrogens (tertiary/aromatic N) is 2. The summed E-state index contributed by atoms with van der Waals surface area (Å²) in [6.07, 6.45) is 0. The van der Waals surface area contributed by atoms with Gasteiger partial charge in [0.2, 0.25) is 0 Å². The number of hydrogen-bond donors (Lipinski definition) is 1. The van der Waals surface area contributed by atoms with Gasteiger partial charge in [0.05, 0.1) is 17.1 Å². The summed E-state index contributed by atoms with van der Waals surface area (Å²) in [6, 6.07) is 25.0. The van der Waals surface area contributed by atoms with Crippen LogP contribution in [0.4, 0.5) is 0 Å². The molecule has 30 heavy (non-hydrogen) atoms. The molecule has 1 aromatic heterocycles. The molecular weight excluding hydrogens is 374 g/mol. The third-order valence-corrected chi connectivity index (χ3v) is 5.10. The topological polar surface area (TPSA) is 56.2 Å². The molecule has 0 bridgehead atoms. The van der Waals surface area contributed by atoms with Gasteiger partial charge in [-0.2, -0.15) is 0 Å². The van der Waals surface area contributed by atoms with E-state index in [-0.39, 0.29) is 11.9 Å². The second-order valence-electron chi connectivity index (χ2n) is 7.20. The molecular formula is C25H25N3O2. The Bertz CT molecular complexity index is 1130. The molecule has 0 aliphatic heterocycles. The van der Waals surface area contributed by atoms with Gasteiger partial charge in [-0.3, -0.25) is 4.79 Å². The molecule has 152 valence electrons. The van der Waals surface area contributed by atoms with E-state index in [0.29, 0.717) is 12.2 Å². The Balaban J connectivity index is 1.42. The maximum Gasteiger partial charge on any atom is 0.251 e. The fourth-order valence-electron chi connectivity index (χ4n) is 3.54. The second-order valence-corrected chi connectivity index (χ2v) is 7.20. The lowest BCUT2D eigenvalue weighted by Crippen LogP contribution is -2.28. The lowest BCUT2D eigenvalue weighted by molar-refractivity contribution is 0.0937. The lowest BCUT2D eigenvalue weighted by atomic mass is 10.1. The number of rotatable bonds is 7. The zero-order valence-corrected chi connectivity index (χ0v) is 17.2. The van der Waals surface area contributed by atoms with Gasteiger partial charge in [-0.05, 0) is 55.8 Å². The van der Waals surface area contributed by atoms with Crippen molar-refractivity contribution in [1.29, 1.82) is 0 Å². The highest BCUT2D eigenvalue weighted by atomic mass is 16.5. The number of ether oxygens (including phenoxy) is 1. The van der Waals surface area contributed by atoms with Gasteiger partial charge in [0.15, 0.2) is 0 Å². The molecule has 0 saturated heterocycles. The van der Waals surface area contributed by atoms with Crippen molar-refractivity contribution in [2.24, 2.45) is 0 Å². The fraction of sp³-hybridized carbons (Fsp3) is 0.200. The van der Waals surface area contributed by atoms with Gasteiger partial charge in [0.1, 0.15) is 18.2 Å². The predicted molar refractivity (Wildman–Crippen MR) is 119 cm³/mol. The number of benzene rings is 3. The monoisotopic (exact) mass is 399 g/mol. The molecule has 5 heteroatoms. The van der Waals surface area contributed by atoms with Crippen molar-refractivity contribution in [3.8, 4) is 5.75 Å². The van der Waals surface area contributed by atoms with Crippen LogP contribution in [0.15, 0.2) is 78.9 Å². The molecule has 0 saturated carbocycles. The quantitative estimate of drug-likeness (QED) is 0.469. The highest BCUT2D eigenvalue weighted by molar-refractivity contribution is 5.94. The van der Waals surface area contributed by atoms with Crippen LogP contribution < -0.4 is 10.1 Å². The summed E-state index contributed by atoms with van der Waals surface area (Å²) < 4.78 is 7.90. The smallest absolute Gasteiger partial charge is 0.251 e. The average Bonchev–Trinajstić information content (AvgIpc) is 3.17. The van der Waals surface area contributed by atoms with Crippen molar-refractivity contribution in [3.63, 3.8) is 0 Å². The van der Waals surface area contributed by atoms with E-state index >= 15 is 0 Å². The van der Waals surface area contributed by atoms with Crippen LogP contribution in [0.5, 0.6) is 5.75 Å². The molecule has 1 amide bonds. The Morgan fingerprint density at radius 3 is 2.43 bits per heavy atom. The summed E-state index contributed by atoms with van der Waals surface area (Å²) in [6.45, 7) is 5.31. The lowest BCUT2D eigenvalue weighted by Gasteiger charge is -2.15. The van der Waals surface area contributed by atoms with E-state index < -0.39 is 0 Å². The van der Waals surface area contributed by atoms with Gasteiger partial charge in [-0.15, -0.1) is 0 Å². The normalized spacial score (nSPS) is 11.9. The van der Waals surface area contributed by atoms with Crippen LogP contribution in [0.1, 0.15) is 41.6 Å². The van der Waals surface area contributed by atoms with Crippen LogP contribution >= 0.6 is 0 Å². The van der Waals surface area contributed by atoms with Crippen molar-refractivity contribution < 1.29 is 9.53 Å². The molecule has 4 aromatic rings. The zero-order valence-electron chi connectivity index (χ0n) is 17.2. The van der Waals surface area contributed by atoms with Gasteiger partial charge in [-0.1, -0.05) is 42.5 Å². The van der Waals surface area contributed by atoms with Crippen molar-refractivity contribution in [1.82, 2.24) is 14.9 Å². The Morgan fingerprint density at radius 2 is 1.70 bits per heavy atom. The van der Waals surface area contributed by atoms with Gasteiger partial charge in [0, 0.05) is 12.1 Å². The molecule has 0 aliphatic carbocycles. The largest absolute Gasteiger partial charge is 0.489 e. The molecule has 0 spiro atoms. The number of nitrogens with one attached hydrogen (secondary N) is 1. The Hall–Kier alpha value is -3.60. The summed E-state index contributed by atoms with van der Waals surface area (Å²) in [4.78, 5) is 17.5. The van der Waals surface area contributed by atoms with Crippen molar-refractivity contribution in [3.05, 3.63) is 95.8 Å². The molecule has 1 N–H and O–H groups in total. The SMILES string of the molecule is CCn1c(C(C)NC(=O)c2ccc(COc3ccccc3)cc2)nc2ccccc21. The molecule has 0 aliphatic rings. The Kier molecular flexibility index (Phi) is 5.80. The number of carbonyl (C=O) groups is 1. The van der Waals surface area contributed by atoms with E-state index in [1.165, 1.54) is 0 Å². The van der Waals surface area contributed by atoms with Crippen LogP contribution in [0.25, 0.3) is 11.0 Å². The third kappa shape index (κ3) is 4.20. The molecule has 1 unspecified atom stereocenters. The molecule has 3 aromatic carbocycles. The first-order valence-corrected chi connectivity index (χ1v) is 10.2. The number of aryl methyl sites for hydroxylation is 1. The number of carbonyl (C=O) groups excluding carboxylic acids is 1. The van der Waals surface area contributed by atoms with Crippen LogP contribution in [0.2, 0.25) is 0 Å².